The van der Waals surface area contributed by atoms with Crippen LogP contribution in [0.3, 0.4) is 0 Å². The molecule has 0 amide bonds. The van der Waals surface area contributed by atoms with E-state index >= 15 is 0 Å². The maximum Gasteiger partial charge on any atom is 0.280 e. The highest BCUT2D eigenvalue weighted by Gasteiger charge is 2.28. The molecule has 13 heteroatoms. The molecule has 1 saturated heterocycles. The van der Waals surface area contributed by atoms with Gasteiger partial charge in [-0.1, -0.05) is 12.1 Å². The second-order valence-electron chi connectivity index (χ2n) is 7.76. The molecule has 0 spiro atoms. The Kier molecular flexibility index (Phi) is 6.11. The van der Waals surface area contributed by atoms with E-state index in [-0.39, 0.29) is 11.3 Å². The van der Waals surface area contributed by atoms with Crippen molar-refractivity contribution in [3.05, 3.63) is 74.3 Å². The molecular weight excluding hydrogens is 464 g/mol. The van der Waals surface area contributed by atoms with E-state index in [2.05, 4.69) is 19.8 Å². The second-order valence-corrected chi connectivity index (χ2v) is 9.44. The van der Waals surface area contributed by atoms with Crippen molar-refractivity contribution in [1.29, 1.82) is 0 Å². The Morgan fingerprint density at radius 3 is 2.15 bits per heavy atom. The van der Waals surface area contributed by atoms with E-state index < -0.39 is 36.1 Å². The summed E-state index contributed by atoms with van der Waals surface area (Å²) in [6, 6.07) is 11.6. The number of nitro benzene ring substituents is 2. The number of rotatable bonds is 7. The van der Waals surface area contributed by atoms with E-state index in [0.29, 0.717) is 11.3 Å². The van der Waals surface area contributed by atoms with Crippen LogP contribution in [-0.4, -0.2) is 41.6 Å². The molecule has 0 atom stereocenters. The minimum Gasteiger partial charge on any atom is -0.355 e. The normalized spacial score (nSPS) is 13.6. The number of sulfonamides is 1. The smallest absolute Gasteiger partial charge is 0.280 e. The van der Waals surface area contributed by atoms with Crippen LogP contribution in [0, 0.1) is 27.2 Å². The molecule has 0 aliphatic carbocycles. The quantitative estimate of drug-likeness (QED) is 0.389. The van der Waals surface area contributed by atoms with E-state index in [9.17, 15) is 28.6 Å². The maximum atomic E-state index is 12.9. The van der Waals surface area contributed by atoms with E-state index in [1.807, 2.05) is 6.07 Å². The second kappa shape index (κ2) is 9.02. The third-order valence-corrected chi connectivity index (χ3v) is 6.88. The SMILES string of the molecule is Cc1c([N+](=O)[O-])cc(S(=O)(=O)Nc2cccc(-c3ccc(N4CCCC4)nn3)c2)cc1[N+](=O)[O-]. The molecule has 1 N–H and O–H groups in total. The predicted octanol–water partition coefficient (Wildman–Crippen LogP) is 3.67. The van der Waals surface area contributed by atoms with Gasteiger partial charge in [-0.2, -0.15) is 0 Å². The number of benzene rings is 2. The standard InChI is InChI=1S/C21H20N6O6S/c1-14-19(26(28)29)12-17(13-20(14)27(30)31)34(32,33)24-16-6-4-5-15(11-16)18-7-8-21(23-22-18)25-9-2-3-10-25/h4-8,11-13,24H,2-3,9-10H2,1H3. The Balaban J connectivity index is 1.63. The fourth-order valence-electron chi connectivity index (χ4n) is 3.74. The number of nitrogens with one attached hydrogen (secondary N) is 1. The van der Waals surface area contributed by atoms with Crippen LogP contribution in [0.1, 0.15) is 18.4 Å². The summed E-state index contributed by atoms with van der Waals surface area (Å²) in [6.45, 7) is 3.06. The minimum absolute atomic E-state index is 0.161. The summed E-state index contributed by atoms with van der Waals surface area (Å²) in [5.74, 6) is 0.778. The van der Waals surface area contributed by atoms with Crippen molar-refractivity contribution in [2.45, 2.75) is 24.7 Å². The molecule has 1 fully saturated rings. The lowest BCUT2D eigenvalue weighted by Gasteiger charge is -2.15. The molecule has 2 aromatic carbocycles. The van der Waals surface area contributed by atoms with Gasteiger partial charge in [-0.15, -0.1) is 10.2 Å². The zero-order valence-electron chi connectivity index (χ0n) is 18.0. The number of aromatic nitrogens is 2. The van der Waals surface area contributed by atoms with Gasteiger partial charge in [0.25, 0.3) is 21.4 Å². The largest absolute Gasteiger partial charge is 0.355 e. The van der Waals surface area contributed by atoms with Gasteiger partial charge in [-0.25, -0.2) is 8.42 Å². The lowest BCUT2D eigenvalue weighted by Crippen LogP contribution is -2.19. The van der Waals surface area contributed by atoms with Gasteiger partial charge in [-0.3, -0.25) is 25.0 Å². The molecular formula is C21H20N6O6S. The van der Waals surface area contributed by atoms with Crippen molar-refractivity contribution in [2.75, 3.05) is 22.7 Å². The summed E-state index contributed by atoms with van der Waals surface area (Å²) in [5.41, 5.74) is -0.249. The Hall–Kier alpha value is -4.13. The molecule has 0 saturated carbocycles. The summed E-state index contributed by atoms with van der Waals surface area (Å²) in [4.78, 5) is 22.4. The molecule has 1 aliphatic rings. The fourth-order valence-corrected chi connectivity index (χ4v) is 4.83. The fraction of sp³-hybridized carbons (Fsp3) is 0.238. The first kappa shape index (κ1) is 23.0. The topological polar surface area (TPSA) is 161 Å². The molecule has 12 nitrogen and oxygen atoms in total. The average molecular weight is 484 g/mol. The van der Waals surface area contributed by atoms with Gasteiger partial charge in [0.1, 0.15) is 10.5 Å². The summed E-state index contributed by atoms with van der Waals surface area (Å²) >= 11 is 0. The Labute approximate surface area is 194 Å². The van der Waals surface area contributed by atoms with Gasteiger partial charge in [0.15, 0.2) is 5.82 Å². The molecule has 2 heterocycles. The van der Waals surface area contributed by atoms with Crippen LogP contribution in [0.15, 0.2) is 53.4 Å². The number of anilines is 2. The molecule has 1 aliphatic heterocycles. The number of nitro groups is 2. The van der Waals surface area contributed by atoms with Gasteiger partial charge >= 0.3 is 0 Å². The van der Waals surface area contributed by atoms with Crippen LogP contribution >= 0.6 is 0 Å². The molecule has 176 valence electrons. The lowest BCUT2D eigenvalue weighted by atomic mass is 10.1. The van der Waals surface area contributed by atoms with E-state index in [0.717, 1.165) is 43.9 Å². The lowest BCUT2D eigenvalue weighted by molar-refractivity contribution is -0.395. The summed E-state index contributed by atoms with van der Waals surface area (Å²) in [7, 11) is -4.36. The Morgan fingerprint density at radius 1 is 0.941 bits per heavy atom. The highest BCUT2D eigenvalue weighted by Crippen LogP contribution is 2.32. The monoisotopic (exact) mass is 484 g/mol. The molecule has 3 aromatic rings. The molecule has 0 unspecified atom stereocenters. The van der Waals surface area contributed by atoms with Crippen LogP contribution in [-0.2, 0) is 10.0 Å². The van der Waals surface area contributed by atoms with Crippen molar-refractivity contribution in [2.24, 2.45) is 0 Å². The first-order chi connectivity index (χ1) is 16.2. The van der Waals surface area contributed by atoms with Gasteiger partial charge in [0, 0.05) is 36.5 Å². The molecule has 1 aromatic heterocycles. The number of hydrogen-bond acceptors (Lipinski definition) is 9. The Morgan fingerprint density at radius 2 is 1.59 bits per heavy atom. The van der Waals surface area contributed by atoms with Crippen molar-refractivity contribution < 1.29 is 18.3 Å². The summed E-state index contributed by atoms with van der Waals surface area (Å²) < 4.78 is 28.1. The molecule has 0 bridgehead atoms. The molecule has 4 rings (SSSR count). The predicted molar refractivity (Wildman–Crippen MR) is 124 cm³/mol. The third-order valence-electron chi connectivity index (χ3n) is 5.52. The third kappa shape index (κ3) is 4.64. The molecule has 34 heavy (non-hydrogen) atoms. The highest BCUT2D eigenvalue weighted by molar-refractivity contribution is 7.92. The van der Waals surface area contributed by atoms with E-state index in [4.69, 9.17) is 0 Å². The van der Waals surface area contributed by atoms with Crippen LogP contribution in [0.2, 0.25) is 0 Å². The number of nitrogens with zero attached hydrogens (tertiary/aromatic N) is 5. The first-order valence-electron chi connectivity index (χ1n) is 10.3. The summed E-state index contributed by atoms with van der Waals surface area (Å²) in [6.07, 6.45) is 2.22. The molecule has 0 radical (unpaired) electrons. The van der Waals surface area contributed by atoms with Gasteiger partial charge in [0.05, 0.1) is 15.5 Å². The van der Waals surface area contributed by atoms with Crippen LogP contribution < -0.4 is 9.62 Å². The van der Waals surface area contributed by atoms with Crippen molar-refractivity contribution in [3.8, 4) is 11.3 Å². The average Bonchev–Trinajstić information content (AvgIpc) is 3.34. The van der Waals surface area contributed by atoms with Crippen molar-refractivity contribution in [1.82, 2.24) is 10.2 Å². The van der Waals surface area contributed by atoms with E-state index in [1.165, 1.54) is 19.1 Å². The Bertz CT molecular complexity index is 1340. The zero-order valence-corrected chi connectivity index (χ0v) is 18.9. The highest BCUT2D eigenvalue weighted by atomic mass is 32.2. The van der Waals surface area contributed by atoms with Gasteiger partial charge in [0.2, 0.25) is 0 Å². The van der Waals surface area contributed by atoms with E-state index in [1.54, 1.807) is 18.2 Å². The van der Waals surface area contributed by atoms with Gasteiger partial charge in [-0.05, 0) is 44.0 Å². The summed E-state index contributed by atoms with van der Waals surface area (Å²) in [5, 5.41) is 31.1. The van der Waals surface area contributed by atoms with Crippen molar-refractivity contribution in [3.63, 3.8) is 0 Å². The minimum atomic E-state index is -4.36. The zero-order chi connectivity index (χ0) is 24.5. The maximum absolute atomic E-state index is 12.9. The van der Waals surface area contributed by atoms with Crippen LogP contribution in [0.4, 0.5) is 22.9 Å². The first-order valence-corrected chi connectivity index (χ1v) is 11.8. The van der Waals surface area contributed by atoms with Crippen LogP contribution in [0.25, 0.3) is 11.3 Å². The number of hydrogen-bond donors (Lipinski definition) is 1. The van der Waals surface area contributed by atoms with Crippen LogP contribution in [0.5, 0.6) is 0 Å². The van der Waals surface area contributed by atoms with Gasteiger partial charge < -0.3 is 4.90 Å². The van der Waals surface area contributed by atoms with Crippen molar-refractivity contribution >= 4 is 32.9 Å².